The summed E-state index contributed by atoms with van der Waals surface area (Å²) in [6.07, 6.45) is 5.53. The SMILES string of the molecule is CSCCC(NC(=O)C(NC(=O)C(N)Cc1cnc[nH]1)C(C)O)C(=O)NC(Cc1c[nH]c2ccccc12)C(=O)O. The van der Waals surface area contributed by atoms with Crippen molar-refractivity contribution in [2.75, 3.05) is 12.0 Å². The van der Waals surface area contributed by atoms with Crippen LogP contribution in [0.2, 0.25) is 0 Å². The Balaban J connectivity index is 1.68. The summed E-state index contributed by atoms with van der Waals surface area (Å²) in [6, 6.07) is 2.63. The maximum Gasteiger partial charge on any atom is 0.326 e. The average molecular weight is 574 g/mol. The van der Waals surface area contributed by atoms with Gasteiger partial charge in [0.05, 0.1) is 18.5 Å². The number of aliphatic hydroxyl groups excluding tert-OH is 1. The first-order valence-electron chi connectivity index (χ1n) is 12.7. The van der Waals surface area contributed by atoms with Crippen LogP contribution in [0, 0.1) is 0 Å². The highest BCUT2D eigenvalue weighted by molar-refractivity contribution is 7.98. The molecule has 0 fully saturated rings. The number of fused-ring (bicyclic) bond motifs is 1. The molecule has 3 amide bonds. The molecule has 0 saturated carbocycles. The van der Waals surface area contributed by atoms with Crippen molar-refractivity contribution < 1.29 is 29.4 Å². The average Bonchev–Trinajstić information content (AvgIpc) is 3.58. The van der Waals surface area contributed by atoms with Crippen molar-refractivity contribution in [2.45, 2.75) is 56.5 Å². The number of hydrogen-bond acceptors (Lipinski definition) is 8. The van der Waals surface area contributed by atoms with Gasteiger partial charge in [0.25, 0.3) is 0 Å². The number of imidazole rings is 1. The molecule has 14 heteroatoms. The van der Waals surface area contributed by atoms with E-state index in [1.54, 1.807) is 6.20 Å². The molecule has 0 aliphatic rings. The molecule has 0 bridgehead atoms. The molecule has 9 N–H and O–H groups in total. The van der Waals surface area contributed by atoms with Crippen molar-refractivity contribution in [1.29, 1.82) is 0 Å². The second-order valence-corrected chi connectivity index (χ2v) is 10.4. The van der Waals surface area contributed by atoms with Crippen LogP contribution in [0.3, 0.4) is 0 Å². The highest BCUT2D eigenvalue weighted by atomic mass is 32.2. The first-order valence-corrected chi connectivity index (χ1v) is 14.1. The largest absolute Gasteiger partial charge is 0.480 e. The maximum absolute atomic E-state index is 13.2. The number of carboxylic acid groups (broad SMARTS) is 1. The number of aromatic nitrogens is 3. The predicted octanol–water partition coefficient (Wildman–Crippen LogP) is -0.324. The molecule has 3 rings (SSSR count). The highest BCUT2D eigenvalue weighted by Gasteiger charge is 2.32. The van der Waals surface area contributed by atoms with Crippen molar-refractivity contribution in [1.82, 2.24) is 30.9 Å². The second-order valence-electron chi connectivity index (χ2n) is 9.42. The molecular weight excluding hydrogens is 538 g/mol. The van der Waals surface area contributed by atoms with Crippen molar-refractivity contribution in [3.05, 3.63) is 54.2 Å². The fourth-order valence-corrected chi connectivity index (χ4v) is 4.62. The second kappa shape index (κ2) is 14.5. The maximum atomic E-state index is 13.2. The van der Waals surface area contributed by atoms with E-state index < -0.39 is 54.0 Å². The molecule has 216 valence electrons. The number of benzene rings is 1. The minimum Gasteiger partial charge on any atom is -0.480 e. The lowest BCUT2D eigenvalue weighted by atomic mass is 10.0. The summed E-state index contributed by atoms with van der Waals surface area (Å²) in [5, 5.41) is 28.4. The molecule has 2 aromatic heterocycles. The van der Waals surface area contributed by atoms with E-state index in [0.29, 0.717) is 11.4 Å². The van der Waals surface area contributed by atoms with E-state index in [1.165, 1.54) is 31.2 Å². The van der Waals surface area contributed by atoms with Gasteiger partial charge in [0, 0.05) is 41.8 Å². The molecule has 0 saturated heterocycles. The number of carbonyl (C=O) groups is 4. The minimum absolute atomic E-state index is 0.0227. The van der Waals surface area contributed by atoms with E-state index in [9.17, 15) is 29.4 Å². The highest BCUT2D eigenvalue weighted by Crippen LogP contribution is 2.19. The van der Waals surface area contributed by atoms with Crippen LogP contribution < -0.4 is 21.7 Å². The lowest BCUT2D eigenvalue weighted by Gasteiger charge is -2.26. The molecule has 5 atom stereocenters. The van der Waals surface area contributed by atoms with Gasteiger partial charge in [-0.2, -0.15) is 11.8 Å². The third kappa shape index (κ3) is 8.31. The van der Waals surface area contributed by atoms with Gasteiger partial charge in [-0.1, -0.05) is 18.2 Å². The number of thioether (sulfide) groups is 1. The molecule has 0 aliphatic heterocycles. The number of aliphatic hydroxyl groups is 1. The van der Waals surface area contributed by atoms with Gasteiger partial charge in [0.1, 0.15) is 18.1 Å². The van der Waals surface area contributed by atoms with Gasteiger partial charge in [-0.3, -0.25) is 14.4 Å². The number of amides is 3. The standard InChI is InChI=1S/C26H35N7O6S/c1-14(34)22(33-23(35)18(27)10-16-12-28-13-30-16)25(37)31-20(7-8-40-2)24(36)32-21(26(38)39)9-15-11-29-19-6-4-3-5-17(15)19/h3-6,11-14,18,20-22,29,34H,7-10,27H2,1-2H3,(H,28,30)(H,31,37)(H,32,36)(H,33,35)(H,38,39). The predicted molar refractivity (Wildman–Crippen MR) is 150 cm³/mol. The van der Waals surface area contributed by atoms with Crippen molar-refractivity contribution in [3.63, 3.8) is 0 Å². The molecule has 40 heavy (non-hydrogen) atoms. The van der Waals surface area contributed by atoms with Crippen LogP contribution >= 0.6 is 11.8 Å². The summed E-state index contributed by atoms with van der Waals surface area (Å²) < 4.78 is 0. The van der Waals surface area contributed by atoms with Gasteiger partial charge in [0.2, 0.25) is 17.7 Å². The molecule has 0 radical (unpaired) electrons. The summed E-state index contributed by atoms with van der Waals surface area (Å²) in [5.41, 5.74) is 8.13. The van der Waals surface area contributed by atoms with E-state index in [4.69, 9.17) is 5.73 Å². The van der Waals surface area contributed by atoms with Gasteiger partial charge in [-0.25, -0.2) is 9.78 Å². The van der Waals surface area contributed by atoms with E-state index in [1.807, 2.05) is 30.5 Å². The number of nitrogens with one attached hydrogen (secondary N) is 5. The van der Waals surface area contributed by atoms with Crippen molar-refractivity contribution in [2.24, 2.45) is 5.73 Å². The van der Waals surface area contributed by atoms with E-state index in [2.05, 4.69) is 30.9 Å². The van der Waals surface area contributed by atoms with Crippen LogP contribution in [0.5, 0.6) is 0 Å². The Morgan fingerprint density at radius 2 is 1.75 bits per heavy atom. The Morgan fingerprint density at radius 1 is 1.02 bits per heavy atom. The van der Waals surface area contributed by atoms with Gasteiger partial charge in [-0.05, 0) is 37.0 Å². The summed E-state index contributed by atoms with van der Waals surface area (Å²) in [7, 11) is 0. The molecule has 0 aliphatic carbocycles. The fraction of sp³-hybridized carbons (Fsp3) is 0.423. The fourth-order valence-electron chi connectivity index (χ4n) is 4.15. The Morgan fingerprint density at radius 3 is 2.40 bits per heavy atom. The van der Waals surface area contributed by atoms with Crippen LogP contribution in [-0.4, -0.2) is 91.1 Å². The number of para-hydroxylation sites is 1. The number of nitrogens with zero attached hydrogens (tertiary/aromatic N) is 1. The van der Waals surface area contributed by atoms with Gasteiger partial charge in [0.15, 0.2) is 0 Å². The number of carbonyl (C=O) groups excluding carboxylic acids is 3. The molecule has 0 spiro atoms. The van der Waals surface area contributed by atoms with Crippen LogP contribution in [-0.2, 0) is 32.0 Å². The van der Waals surface area contributed by atoms with E-state index >= 15 is 0 Å². The summed E-state index contributed by atoms with van der Waals surface area (Å²) >= 11 is 1.44. The van der Waals surface area contributed by atoms with Crippen LogP contribution in [0.1, 0.15) is 24.6 Å². The number of hydrogen-bond donors (Lipinski definition) is 8. The zero-order chi connectivity index (χ0) is 29.2. The normalized spacial score (nSPS) is 15.0. The number of nitrogens with two attached hydrogens (primary N) is 1. The third-order valence-corrected chi connectivity index (χ3v) is 7.00. The Hall–Kier alpha value is -3.88. The molecule has 13 nitrogen and oxygen atoms in total. The minimum atomic E-state index is -1.40. The van der Waals surface area contributed by atoms with E-state index in [0.717, 1.165) is 16.5 Å². The topological polar surface area (TPSA) is 215 Å². The Labute approximate surface area is 235 Å². The molecular formula is C26H35N7O6S. The quantitative estimate of drug-likeness (QED) is 0.119. The third-order valence-electron chi connectivity index (χ3n) is 6.35. The van der Waals surface area contributed by atoms with Crippen molar-refractivity contribution in [3.8, 4) is 0 Å². The van der Waals surface area contributed by atoms with Gasteiger partial charge < -0.3 is 41.9 Å². The van der Waals surface area contributed by atoms with Crippen LogP contribution in [0.25, 0.3) is 10.9 Å². The van der Waals surface area contributed by atoms with Crippen molar-refractivity contribution >= 4 is 46.4 Å². The number of carboxylic acids is 1. The molecule has 2 heterocycles. The number of aliphatic carboxylic acids is 1. The first kappa shape index (κ1) is 30.7. The summed E-state index contributed by atoms with van der Waals surface area (Å²) in [5.74, 6) is -2.92. The zero-order valence-electron chi connectivity index (χ0n) is 22.2. The van der Waals surface area contributed by atoms with Crippen LogP contribution in [0.4, 0.5) is 0 Å². The Bertz CT molecular complexity index is 1300. The first-order chi connectivity index (χ1) is 19.1. The smallest absolute Gasteiger partial charge is 0.326 e. The lowest BCUT2D eigenvalue weighted by Crippen LogP contribution is -2.60. The van der Waals surface area contributed by atoms with Gasteiger partial charge in [-0.15, -0.1) is 0 Å². The Kier molecular flexibility index (Phi) is 11.1. The summed E-state index contributed by atoms with van der Waals surface area (Å²) in [4.78, 5) is 60.8. The number of aromatic amines is 2. The molecule has 5 unspecified atom stereocenters. The molecule has 1 aromatic carbocycles. The molecule has 3 aromatic rings. The van der Waals surface area contributed by atoms with Crippen LogP contribution in [0.15, 0.2) is 43.0 Å². The lowest BCUT2D eigenvalue weighted by molar-refractivity contribution is -0.142. The summed E-state index contributed by atoms with van der Waals surface area (Å²) in [6.45, 7) is 1.32. The monoisotopic (exact) mass is 573 g/mol. The van der Waals surface area contributed by atoms with Gasteiger partial charge >= 0.3 is 5.97 Å². The zero-order valence-corrected chi connectivity index (χ0v) is 23.0. The number of rotatable bonds is 15. The van der Waals surface area contributed by atoms with E-state index in [-0.39, 0.29) is 19.3 Å². The number of H-pyrrole nitrogens is 2.